The number of nitrogens with one attached hydrogen (secondary N) is 1. The quantitative estimate of drug-likeness (QED) is 0.923. The lowest BCUT2D eigenvalue weighted by molar-refractivity contribution is -0.136. The lowest BCUT2D eigenvalue weighted by Gasteiger charge is -2.32. The van der Waals surface area contributed by atoms with Gasteiger partial charge >= 0.3 is 0 Å². The summed E-state index contributed by atoms with van der Waals surface area (Å²) < 4.78 is 0. The third kappa shape index (κ3) is 3.80. The molecule has 130 valence electrons. The van der Waals surface area contributed by atoms with Crippen molar-refractivity contribution >= 4 is 11.8 Å². The zero-order valence-electron chi connectivity index (χ0n) is 15.0. The Bertz CT molecular complexity index is 629. The number of benzene rings is 1. The molecule has 1 aliphatic carbocycles. The van der Waals surface area contributed by atoms with Gasteiger partial charge in [0.05, 0.1) is 6.04 Å². The molecule has 0 aromatic heterocycles. The van der Waals surface area contributed by atoms with Gasteiger partial charge in [0, 0.05) is 24.9 Å². The summed E-state index contributed by atoms with van der Waals surface area (Å²) in [4.78, 5) is 26.6. The number of hydrogen-bond donors (Lipinski definition) is 1. The van der Waals surface area contributed by atoms with Crippen molar-refractivity contribution in [1.82, 2.24) is 10.2 Å². The number of piperidine rings is 1. The van der Waals surface area contributed by atoms with Gasteiger partial charge < -0.3 is 10.2 Å². The topological polar surface area (TPSA) is 49.4 Å². The van der Waals surface area contributed by atoms with Crippen molar-refractivity contribution in [3.05, 3.63) is 34.9 Å². The van der Waals surface area contributed by atoms with Crippen LogP contribution in [0.2, 0.25) is 0 Å². The minimum atomic E-state index is 0.0172. The molecule has 3 rings (SSSR count). The summed E-state index contributed by atoms with van der Waals surface area (Å²) in [7, 11) is 0. The Morgan fingerprint density at radius 2 is 1.75 bits per heavy atom. The molecule has 1 heterocycles. The van der Waals surface area contributed by atoms with Gasteiger partial charge in [-0.1, -0.05) is 23.8 Å². The molecule has 2 fully saturated rings. The third-order valence-electron chi connectivity index (χ3n) is 5.36. The van der Waals surface area contributed by atoms with Crippen molar-refractivity contribution in [2.24, 2.45) is 11.8 Å². The molecule has 1 saturated carbocycles. The maximum Gasteiger partial charge on any atom is 0.225 e. The summed E-state index contributed by atoms with van der Waals surface area (Å²) in [6.07, 6.45) is 3.66. The lowest BCUT2D eigenvalue weighted by Crippen LogP contribution is -2.44. The molecule has 1 unspecified atom stereocenters. The average molecular weight is 328 g/mol. The van der Waals surface area contributed by atoms with Crippen molar-refractivity contribution in [2.75, 3.05) is 13.1 Å². The Morgan fingerprint density at radius 3 is 2.38 bits per heavy atom. The largest absolute Gasteiger partial charge is 0.349 e. The van der Waals surface area contributed by atoms with Crippen LogP contribution < -0.4 is 5.32 Å². The van der Waals surface area contributed by atoms with Crippen LogP contribution in [0.1, 0.15) is 55.3 Å². The number of nitrogens with zero attached hydrogens (tertiary/aromatic N) is 1. The van der Waals surface area contributed by atoms with Crippen LogP contribution in [0.5, 0.6) is 0 Å². The first-order valence-electron chi connectivity index (χ1n) is 9.12. The molecule has 1 N–H and O–H groups in total. The molecule has 0 radical (unpaired) electrons. The van der Waals surface area contributed by atoms with Gasteiger partial charge in [0.1, 0.15) is 0 Å². The molecule has 1 aromatic rings. The van der Waals surface area contributed by atoms with E-state index in [1.54, 1.807) is 0 Å². The van der Waals surface area contributed by atoms with E-state index in [2.05, 4.69) is 37.4 Å². The SMILES string of the molecule is Cc1ccc(C)c(C(C)NC(=O)C2CCN(C(=O)C3CC3)CC2)c1. The standard InChI is InChI=1S/C20H28N2O2/c1-13-4-5-14(2)18(12-13)15(3)21-19(23)16-8-10-22(11-9-16)20(24)17-6-7-17/h4-5,12,15-17H,6-11H2,1-3H3,(H,21,23). The summed E-state index contributed by atoms with van der Waals surface area (Å²) in [5, 5.41) is 3.17. The number of hydrogen-bond acceptors (Lipinski definition) is 2. The molecular formula is C20H28N2O2. The van der Waals surface area contributed by atoms with E-state index in [-0.39, 0.29) is 23.8 Å². The van der Waals surface area contributed by atoms with Crippen molar-refractivity contribution < 1.29 is 9.59 Å². The fourth-order valence-corrected chi connectivity index (χ4v) is 3.59. The molecule has 2 aliphatic rings. The molecule has 0 spiro atoms. The summed E-state index contributed by atoms with van der Waals surface area (Å²) in [6.45, 7) is 7.66. The van der Waals surface area contributed by atoms with E-state index in [1.165, 1.54) is 16.7 Å². The van der Waals surface area contributed by atoms with Crippen LogP contribution in [0.4, 0.5) is 0 Å². The van der Waals surface area contributed by atoms with Gasteiger partial charge in [-0.25, -0.2) is 0 Å². The van der Waals surface area contributed by atoms with E-state index in [0.29, 0.717) is 5.91 Å². The predicted molar refractivity (Wildman–Crippen MR) is 94.5 cm³/mol. The van der Waals surface area contributed by atoms with E-state index in [1.807, 2.05) is 11.8 Å². The molecule has 1 atom stereocenters. The smallest absolute Gasteiger partial charge is 0.225 e. The Balaban J connectivity index is 1.53. The number of rotatable bonds is 4. The van der Waals surface area contributed by atoms with Crippen molar-refractivity contribution in [3.8, 4) is 0 Å². The van der Waals surface area contributed by atoms with E-state index in [9.17, 15) is 9.59 Å². The highest BCUT2D eigenvalue weighted by Crippen LogP contribution is 2.32. The van der Waals surface area contributed by atoms with Gasteiger partial charge in [-0.2, -0.15) is 0 Å². The van der Waals surface area contributed by atoms with Gasteiger partial charge in [0.2, 0.25) is 11.8 Å². The normalized spacial score (nSPS) is 19.9. The number of likely N-dealkylation sites (tertiary alicyclic amines) is 1. The Hall–Kier alpha value is -1.84. The molecule has 2 amide bonds. The minimum Gasteiger partial charge on any atom is -0.349 e. The summed E-state index contributed by atoms with van der Waals surface area (Å²) in [5.74, 6) is 0.736. The number of carbonyl (C=O) groups is 2. The second-order valence-corrected chi connectivity index (χ2v) is 7.46. The first-order valence-corrected chi connectivity index (χ1v) is 9.12. The Morgan fingerprint density at radius 1 is 1.08 bits per heavy atom. The highest BCUT2D eigenvalue weighted by Gasteiger charge is 2.36. The van der Waals surface area contributed by atoms with Crippen LogP contribution in [-0.4, -0.2) is 29.8 Å². The first kappa shape index (κ1) is 17.0. The Labute approximate surface area is 144 Å². The minimum absolute atomic E-state index is 0.0172. The Kier molecular flexibility index (Phi) is 4.93. The molecular weight excluding hydrogens is 300 g/mol. The molecule has 24 heavy (non-hydrogen) atoms. The summed E-state index contributed by atoms with van der Waals surface area (Å²) in [5.41, 5.74) is 3.60. The van der Waals surface area contributed by atoms with E-state index < -0.39 is 0 Å². The highest BCUT2D eigenvalue weighted by molar-refractivity contribution is 5.82. The van der Waals surface area contributed by atoms with Crippen LogP contribution in [0, 0.1) is 25.7 Å². The molecule has 4 heteroatoms. The monoisotopic (exact) mass is 328 g/mol. The number of amides is 2. The van der Waals surface area contributed by atoms with E-state index >= 15 is 0 Å². The van der Waals surface area contributed by atoms with Crippen molar-refractivity contribution in [3.63, 3.8) is 0 Å². The first-order chi connectivity index (χ1) is 11.5. The van der Waals surface area contributed by atoms with Gasteiger partial charge in [-0.05, 0) is 57.6 Å². The van der Waals surface area contributed by atoms with Gasteiger partial charge in [-0.15, -0.1) is 0 Å². The molecule has 0 bridgehead atoms. The lowest BCUT2D eigenvalue weighted by atomic mass is 9.94. The zero-order chi connectivity index (χ0) is 17.3. The van der Waals surface area contributed by atoms with Crippen LogP contribution in [0.25, 0.3) is 0 Å². The van der Waals surface area contributed by atoms with Gasteiger partial charge in [0.15, 0.2) is 0 Å². The van der Waals surface area contributed by atoms with E-state index in [4.69, 9.17) is 0 Å². The number of carbonyl (C=O) groups excluding carboxylic acids is 2. The van der Waals surface area contributed by atoms with Crippen LogP contribution in [0.3, 0.4) is 0 Å². The summed E-state index contributed by atoms with van der Waals surface area (Å²) >= 11 is 0. The third-order valence-corrected chi connectivity index (χ3v) is 5.36. The maximum absolute atomic E-state index is 12.6. The van der Waals surface area contributed by atoms with Gasteiger partial charge in [0.25, 0.3) is 0 Å². The summed E-state index contributed by atoms with van der Waals surface area (Å²) in [6, 6.07) is 6.37. The average Bonchev–Trinajstić information content (AvgIpc) is 3.41. The molecule has 1 aliphatic heterocycles. The second kappa shape index (κ2) is 6.96. The fourth-order valence-electron chi connectivity index (χ4n) is 3.59. The zero-order valence-corrected chi connectivity index (χ0v) is 15.0. The van der Waals surface area contributed by atoms with E-state index in [0.717, 1.165) is 38.8 Å². The van der Waals surface area contributed by atoms with Gasteiger partial charge in [-0.3, -0.25) is 9.59 Å². The van der Waals surface area contributed by atoms with Crippen LogP contribution >= 0.6 is 0 Å². The second-order valence-electron chi connectivity index (χ2n) is 7.46. The van der Waals surface area contributed by atoms with Crippen molar-refractivity contribution in [2.45, 2.75) is 52.5 Å². The highest BCUT2D eigenvalue weighted by atomic mass is 16.2. The molecule has 1 saturated heterocycles. The van der Waals surface area contributed by atoms with Crippen molar-refractivity contribution in [1.29, 1.82) is 0 Å². The fraction of sp³-hybridized carbons (Fsp3) is 0.600. The number of aryl methyl sites for hydroxylation is 2. The van der Waals surface area contributed by atoms with Crippen LogP contribution in [-0.2, 0) is 9.59 Å². The molecule has 4 nitrogen and oxygen atoms in total. The predicted octanol–water partition coefficient (Wildman–Crippen LogP) is 3.13. The van der Waals surface area contributed by atoms with Crippen LogP contribution in [0.15, 0.2) is 18.2 Å². The maximum atomic E-state index is 12.6. The molecule has 1 aromatic carbocycles.